The number of nitrogens with zero attached hydrogens (tertiary/aromatic N) is 1. The minimum Gasteiger partial charge on any atom is -0.349 e. The summed E-state index contributed by atoms with van der Waals surface area (Å²) in [4.78, 5) is 22.5. The lowest BCUT2D eigenvalue weighted by molar-refractivity contribution is -0.385. The summed E-state index contributed by atoms with van der Waals surface area (Å²) in [5.41, 5.74) is -0.191. The molecule has 6 heteroatoms. The molecule has 0 heterocycles. The fourth-order valence-electron chi connectivity index (χ4n) is 2.46. The highest BCUT2D eigenvalue weighted by atomic mass is 35.5. The van der Waals surface area contributed by atoms with E-state index >= 15 is 0 Å². The van der Waals surface area contributed by atoms with Gasteiger partial charge < -0.3 is 5.32 Å². The first-order chi connectivity index (χ1) is 8.99. The lowest BCUT2D eigenvalue weighted by Crippen LogP contribution is -2.36. The number of nitro groups is 1. The van der Waals surface area contributed by atoms with Gasteiger partial charge in [-0.15, -0.1) is 0 Å². The Morgan fingerprint density at radius 3 is 2.79 bits per heavy atom. The lowest BCUT2D eigenvalue weighted by Gasteiger charge is -2.17. The molecule has 1 N–H and O–H groups in total. The maximum absolute atomic E-state index is 12.1. The molecule has 5 nitrogen and oxygen atoms in total. The van der Waals surface area contributed by atoms with Crippen LogP contribution in [0.25, 0.3) is 0 Å². The topological polar surface area (TPSA) is 72.2 Å². The minimum atomic E-state index is -0.566. The van der Waals surface area contributed by atoms with E-state index in [0.29, 0.717) is 10.9 Å². The van der Waals surface area contributed by atoms with Gasteiger partial charge in [-0.05, 0) is 30.9 Å². The molecule has 1 aliphatic carbocycles. The predicted octanol–water partition coefficient (Wildman–Crippen LogP) is 3.17. The number of halogens is 1. The van der Waals surface area contributed by atoms with Crippen LogP contribution in [0.5, 0.6) is 0 Å². The number of carbonyl (C=O) groups is 1. The standard InChI is InChI=1S/C13H15ClN2O3/c1-8-3-2-4-11(8)15-13(17)10-7-9(14)5-6-12(10)16(18)19/h5-8,11H,2-4H2,1H3,(H,15,17). The maximum atomic E-state index is 12.1. The van der Waals surface area contributed by atoms with Gasteiger partial charge in [-0.1, -0.05) is 24.9 Å². The Balaban J connectivity index is 2.22. The van der Waals surface area contributed by atoms with E-state index in [-0.39, 0.29) is 17.3 Å². The minimum absolute atomic E-state index is 0.0246. The molecule has 102 valence electrons. The number of nitrogens with one attached hydrogen (secondary N) is 1. The predicted molar refractivity (Wildman–Crippen MR) is 72.4 cm³/mol. The van der Waals surface area contributed by atoms with Crippen molar-refractivity contribution in [1.82, 2.24) is 5.32 Å². The summed E-state index contributed by atoms with van der Waals surface area (Å²) >= 11 is 5.81. The van der Waals surface area contributed by atoms with Gasteiger partial charge in [0.05, 0.1) is 4.92 Å². The zero-order chi connectivity index (χ0) is 14.0. The van der Waals surface area contributed by atoms with Crippen LogP contribution in [-0.2, 0) is 0 Å². The van der Waals surface area contributed by atoms with Gasteiger partial charge in [-0.3, -0.25) is 14.9 Å². The van der Waals surface area contributed by atoms with Gasteiger partial charge in [0.15, 0.2) is 0 Å². The molecular weight excluding hydrogens is 268 g/mol. The van der Waals surface area contributed by atoms with Crippen molar-refractivity contribution < 1.29 is 9.72 Å². The summed E-state index contributed by atoms with van der Waals surface area (Å²) in [5.74, 6) is -0.0184. The van der Waals surface area contributed by atoms with Crippen LogP contribution >= 0.6 is 11.6 Å². The summed E-state index contributed by atoms with van der Waals surface area (Å²) in [6, 6.07) is 4.10. The second kappa shape index (κ2) is 5.57. The van der Waals surface area contributed by atoms with Crippen molar-refractivity contribution in [2.75, 3.05) is 0 Å². The third-order valence-corrected chi connectivity index (χ3v) is 3.81. The quantitative estimate of drug-likeness (QED) is 0.683. The van der Waals surface area contributed by atoms with Crippen LogP contribution in [0, 0.1) is 16.0 Å². The highest BCUT2D eigenvalue weighted by Gasteiger charge is 2.28. The van der Waals surface area contributed by atoms with E-state index in [2.05, 4.69) is 12.2 Å². The SMILES string of the molecule is CC1CCCC1NC(=O)c1cc(Cl)ccc1[N+](=O)[O-]. The fraction of sp³-hybridized carbons (Fsp3) is 0.462. The zero-order valence-corrected chi connectivity index (χ0v) is 11.3. The van der Waals surface area contributed by atoms with Gasteiger partial charge >= 0.3 is 0 Å². The molecule has 0 aromatic heterocycles. The number of hydrogen-bond acceptors (Lipinski definition) is 3. The third kappa shape index (κ3) is 3.04. The molecule has 0 radical (unpaired) electrons. The van der Waals surface area contributed by atoms with Crippen molar-refractivity contribution in [2.45, 2.75) is 32.2 Å². The van der Waals surface area contributed by atoms with Gasteiger partial charge in [0, 0.05) is 17.1 Å². The molecule has 1 fully saturated rings. The van der Waals surface area contributed by atoms with E-state index in [1.165, 1.54) is 18.2 Å². The molecular formula is C13H15ClN2O3. The monoisotopic (exact) mass is 282 g/mol. The average molecular weight is 283 g/mol. The van der Waals surface area contributed by atoms with Crippen LogP contribution in [0.2, 0.25) is 5.02 Å². The maximum Gasteiger partial charge on any atom is 0.282 e. The van der Waals surface area contributed by atoms with Gasteiger partial charge in [0.1, 0.15) is 5.56 Å². The van der Waals surface area contributed by atoms with E-state index in [1.807, 2.05) is 0 Å². The number of rotatable bonds is 3. The molecule has 1 aromatic rings. The molecule has 0 spiro atoms. The Morgan fingerprint density at radius 2 is 2.21 bits per heavy atom. The number of nitro benzene ring substituents is 1. The summed E-state index contributed by atoms with van der Waals surface area (Å²) in [6.07, 6.45) is 3.06. The van der Waals surface area contributed by atoms with Gasteiger partial charge in [0.25, 0.3) is 11.6 Å². The lowest BCUT2D eigenvalue weighted by atomic mass is 10.1. The normalized spacial score (nSPS) is 22.2. The van der Waals surface area contributed by atoms with Crippen molar-refractivity contribution in [1.29, 1.82) is 0 Å². The van der Waals surface area contributed by atoms with Crippen molar-refractivity contribution in [3.05, 3.63) is 38.9 Å². The Kier molecular flexibility index (Phi) is 4.04. The highest BCUT2D eigenvalue weighted by Crippen LogP contribution is 2.27. The van der Waals surface area contributed by atoms with Crippen molar-refractivity contribution in [3.63, 3.8) is 0 Å². The molecule has 0 aliphatic heterocycles. The Labute approximate surface area is 116 Å². The molecule has 1 saturated carbocycles. The van der Waals surface area contributed by atoms with E-state index in [4.69, 9.17) is 11.6 Å². The third-order valence-electron chi connectivity index (χ3n) is 3.58. The van der Waals surface area contributed by atoms with Crippen molar-refractivity contribution in [3.8, 4) is 0 Å². The second-order valence-corrected chi connectivity index (χ2v) is 5.34. The Morgan fingerprint density at radius 1 is 1.47 bits per heavy atom. The van der Waals surface area contributed by atoms with Crippen LogP contribution in [0.3, 0.4) is 0 Å². The van der Waals surface area contributed by atoms with Crippen molar-refractivity contribution in [2.24, 2.45) is 5.92 Å². The number of amides is 1. The van der Waals surface area contributed by atoms with Crippen LogP contribution in [0.1, 0.15) is 36.5 Å². The second-order valence-electron chi connectivity index (χ2n) is 4.91. The summed E-state index contributed by atoms with van der Waals surface area (Å²) < 4.78 is 0. The van der Waals surface area contributed by atoms with E-state index in [9.17, 15) is 14.9 Å². The van der Waals surface area contributed by atoms with Crippen LogP contribution < -0.4 is 5.32 Å². The Hall–Kier alpha value is -1.62. The molecule has 1 aromatic carbocycles. The molecule has 2 atom stereocenters. The Bertz CT molecular complexity index is 519. The molecule has 0 bridgehead atoms. The molecule has 1 aliphatic rings. The van der Waals surface area contributed by atoms with E-state index in [0.717, 1.165) is 19.3 Å². The zero-order valence-electron chi connectivity index (χ0n) is 10.6. The molecule has 2 unspecified atom stereocenters. The van der Waals surface area contributed by atoms with Crippen LogP contribution in [-0.4, -0.2) is 16.9 Å². The number of benzene rings is 1. The number of hydrogen-bond donors (Lipinski definition) is 1. The molecule has 0 saturated heterocycles. The summed E-state index contributed by atoms with van der Waals surface area (Å²) in [6.45, 7) is 2.07. The average Bonchev–Trinajstić information content (AvgIpc) is 2.74. The van der Waals surface area contributed by atoms with E-state index in [1.54, 1.807) is 0 Å². The molecule has 19 heavy (non-hydrogen) atoms. The van der Waals surface area contributed by atoms with E-state index < -0.39 is 10.8 Å². The molecule has 1 amide bonds. The number of carbonyl (C=O) groups excluding carboxylic acids is 1. The van der Waals surface area contributed by atoms with Crippen LogP contribution in [0.4, 0.5) is 5.69 Å². The first kappa shape index (κ1) is 13.8. The first-order valence-electron chi connectivity index (χ1n) is 6.24. The fourth-order valence-corrected chi connectivity index (χ4v) is 2.63. The van der Waals surface area contributed by atoms with Gasteiger partial charge in [0.2, 0.25) is 0 Å². The molecule has 2 rings (SSSR count). The van der Waals surface area contributed by atoms with Gasteiger partial charge in [-0.25, -0.2) is 0 Å². The highest BCUT2D eigenvalue weighted by molar-refractivity contribution is 6.31. The van der Waals surface area contributed by atoms with Crippen LogP contribution in [0.15, 0.2) is 18.2 Å². The first-order valence-corrected chi connectivity index (χ1v) is 6.61. The largest absolute Gasteiger partial charge is 0.349 e. The summed E-state index contributed by atoms with van der Waals surface area (Å²) in [7, 11) is 0. The summed E-state index contributed by atoms with van der Waals surface area (Å²) in [5, 5.41) is 14.1. The van der Waals surface area contributed by atoms with Gasteiger partial charge in [-0.2, -0.15) is 0 Å². The van der Waals surface area contributed by atoms with Crippen molar-refractivity contribution >= 4 is 23.2 Å². The smallest absolute Gasteiger partial charge is 0.282 e.